The summed E-state index contributed by atoms with van der Waals surface area (Å²) in [6.07, 6.45) is 0. The van der Waals surface area contributed by atoms with E-state index in [9.17, 15) is 0 Å². The lowest BCUT2D eigenvalue weighted by Crippen LogP contribution is -1.89. The predicted octanol–water partition coefficient (Wildman–Crippen LogP) is 1.72. The van der Waals surface area contributed by atoms with Crippen molar-refractivity contribution in [2.75, 3.05) is 0 Å². The van der Waals surface area contributed by atoms with E-state index >= 15 is 0 Å². The average molecular weight is 197 g/mol. The topological polar surface area (TPSA) is 38.0 Å². The van der Waals surface area contributed by atoms with Gasteiger partial charge in [0, 0.05) is 12.4 Å². The molecule has 1 N–H and O–H groups in total. The summed E-state index contributed by atoms with van der Waals surface area (Å²) in [4.78, 5) is 0. The maximum Gasteiger partial charge on any atom is 0.158 e. The number of aliphatic hydroxyl groups is 1. The van der Waals surface area contributed by atoms with E-state index in [4.69, 9.17) is 16.7 Å². The molecule has 0 aliphatic rings. The fourth-order valence-corrected chi connectivity index (χ4v) is 1.63. The third kappa shape index (κ3) is 1.30. The van der Waals surface area contributed by atoms with E-state index in [1.807, 2.05) is 25.2 Å². The Morgan fingerprint density at radius 1 is 1.54 bits per heavy atom. The summed E-state index contributed by atoms with van der Waals surface area (Å²) >= 11 is 5.89. The van der Waals surface area contributed by atoms with Crippen molar-refractivity contribution in [1.29, 1.82) is 0 Å². The highest BCUT2D eigenvalue weighted by Gasteiger charge is 2.05. The minimum Gasteiger partial charge on any atom is -0.392 e. The summed E-state index contributed by atoms with van der Waals surface area (Å²) < 4.78 is 1.72. The summed E-state index contributed by atoms with van der Waals surface area (Å²) in [7, 11) is 1.84. The van der Waals surface area contributed by atoms with Gasteiger partial charge < -0.3 is 5.11 Å². The summed E-state index contributed by atoms with van der Waals surface area (Å²) in [5.41, 5.74) is 1.82. The highest BCUT2D eigenvalue weighted by atomic mass is 35.5. The zero-order valence-electron chi connectivity index (χ0n) is 7.16. The molecule has 1 heterocycles. The minimum atomic E-state index is 0.0289. The lowest BCUT2D eigenvalue weighted by atomic mass is 10.2. The lowest BCUT2D eigenvalue weighted by Gasteiger charge is -1.96. The van der Waals surface area contributed by atoms with E-state index in [0.29, 0.717) is 5.15 Å². The van der Waals surface area contributed by atoms with Crippen LogP contribution in [0.1, 0.15) is 5.56 Å². The Kier molecular flexibility index (Phi) is 1.98. The molecule has 68 valence electrons. The van der Waals surface area contributed by atoms with Gasteiger partial charge in [-0.05, 0) is 17.7 Å². The average Bonchev–Trinajstić information content (AvgIpc) is 2.42. The molecule has 4 heteroatoms. The Hall–Kier alpha value is -1.06. The van der Waals surface area contributed by atoms with Crippen LogP contribution in [0.25, 0.3) is 10.9 Å². The van der Waals surface area contributed by atoms with Crippen molar-refractivity contribution in [2.45, 2.75) is 6.61 Å². The molecule has 1 aromatic carbocycles. The molecule has 13 heavy (non-hydrogen) atoms. The van der Waals surface area contributed by atoms with Crippen LogP contribution in [0.3, 0.4) is 0 Å². The zero-order chi connectivity index (χ0) is 9.42. The van der Waals surface area contributed by atoms with Gasteiger partial charge in [-0.15, -0.1) is 0 Å². The molecular formula is C9H9ClN2O. The van der Waals surface area contributed by atoms with Gasteiger partial charge in [-0.3, -0.25) is 4.68 Å². The molecule has 3 nitrogen and oxygen atoms in total. The molecule has 0 bridgehead atoms. The van der Waals surface area contributed by atoms with Gasteiger partial charge in [-0.2, -0.15) is 5.10 Å². The highest BCUT2D eigenvalue weighted by molar-refractivity contribution is 6.34. The third-order valence-corrected chi connectivity index (χ3v) is 2.33. The normalized spacial score (nSPS) is 11.0. The number of aromatic nitrogens is 2. The van der Waals surface area contributed by atoms with Crippen molar-refractivity contribution in [3.63, 3.8) is 0 Å². The Bertz CT molecular complexity index is 450. The molecular weight excluding hydrogens is 188 g/mol. The maximum atomic E-state index is 8.92. The third-order valence-electron chi connectivity index (χ3n) is 2.05. The van der Waals surface area contributed by atoms with Crippen LogP contribution in [-0.2, 0) is 13.7 Å². The molecule has 0 aliphatic heterocycles. The molecule has 2 rings (SSSR count). The van der Waals surface area contributed by atoms with Gasteiger partial charge in [0.25, 0.3) is 0 Å². The fraction of sp³-hybridized carbons (Fsp3) is 0.222. The minimum absolute atomic E-state index is 0.0289. The zero-order valence-corrected chi connectivity index (χ0v) is 7.91. The van der Waals surface area contributed by atoms with Crippen LogP contribution in [-0.4, -0.2) is 14.9 Å². The van der Waals surface area contributed by atoms with Crippen LogP contribution >= 0.6 is 11.6 Å². The molecule has 0 unspecified atom stereocenters. The first-order valence-corrected chi connectivity index (χ1v) is 4.32. The van der Waals surface area contributed by atoms with E-state index in [2.05, 4.69) is 5.10 Å². The van der Waals surface area contributed by atoms with E-state index in [1.165, 1.54) is 0 Å². The first-order valence-electron chi connectivity index (χ1n) is 3.94. The van der Waals surface area contributed by atoms with Gasteiger partial charge in [-0.1, -0.05) is 17.7 Å². The Morgan fingerprint density at radius 3 is 3.00 bits per heavy atom. The van der Waals surface area contributed by atoms with Crippen LogP contribution in [0.15, 0.2) is 18.2 Å². The number of halogens is 1. The van der Waals surface area contributed by atoms with Crippen LogP contribution in [0.2, 0.25) is 5.15 Å². The molecule has 0 saturated heterocycles. The first kappa shape index (κ1) is 8.53. The van der Waals surface area contributed by atoms with E-state index in [0.717, 1.165) is 16.5 Å². The van der Waals surface area contributed by atoms with Crippen molar-refractivity contribution < 1.29 is 5.11 Å². The SMILES string of the molecule is Cn1nc(Cl)c2cc(CO)ccc21. The van der Waals surface area contributed by atoms with Crippen molar-refractivity contribution in [2.24, 2.45) is 7.05 Å². The number of rotatable bonds is 1. The summed E-state index contributed by atoms with van der Waals surface area (Å²) in [5.74, 6) is 0. The smallest absolute Gasteiger partial charge is 0.158 e. The highest BCUT2D eigenvalue weighted by Crippen LogP contribution is 2.23. The lowest BCUT2D eigenvalue weighted by molar-refractivity contribution is 0.282. The number of aryl methyl sites for hydroxylation is 1. The number of benzene rings is 1. The van der Waals surface area contributed by atoms with Crippen LogP contribution in [0, 0.1) is 0 Å². The molecule has 1 aromatic heterocycles. The summed E-state index contributed by atoms with van der Waals surface area (Å²) in [5, 5.41) is 14.4. The standard InChI is InChI=1S/C9H9ClN2O/c1-12-8-3-2-6(5-13)4-7(8)9(10)11-12/h2-4,13H,5H2,1H3. The van der Waals surface area contributed by atoms with Gasteiger partial charge in [0.1, 0.15) is 0 Å². The Morgan fingerprint density at radius 2 is 2.31 bits per heavy atom. The van der Waals surface area contributed by atoms with E-state index in [-0.39, 0.29) is 6.61 Å². The first-order chi connectivity index (χ1) is 6.22. The molecule has 0 aliphatic carbocycles. The molecule has 0 fully saturated rings. The molecule has 0 saturated carbocycles. The maximum absolute atomic E-state index is 8.92. The van der Waals surface area contributed by atoms with Crippen molar-refractivity contribution in [3.8, 4) is 0 Å². The van der Waals surface area contributed by atoms with Crippen molar-refractivity contribution >= 4 is 22.5 Å². The Balaban J connectivity index is 2.76. The van der Waals surface area contributed by atoms with Gasteiger partial charge >= 0.3 is 0 Å². The predicted molar refractivity (Wildman–Crippen MR) is 51.6 cm³/mol. The molecule has 0 amide bonds. The summed E-state index contributed by atoms with van der Waals surface area (Å²) in [6.45, 7) is 0.0289. The quantitative estimate of drug-likeness (QED) is 0.754. The van der Waals surface area contributed by atoms with Crippen molar-refractivity contribution in [1.82, 2.24) is 9.78 Å². The largest absolute Gasteiger partial charge is 0.392 e. The van der Waals surface area contributed by atoms with E-state index < -0.39 is 0 Å². The van der Waals surface area contributed by atoms with Crippen molar-refractivity contribution in [3.05, 3.63) is 28.9 Å². The van der Waals surface area contributed by atoms with E-state index in [1.54, 1.807) is 4.68 Å². The number of nitrogens with zero attached hydrogens (tertiary/aromatic N) is 2. The summed E-state index contributed by atoms with van der Waals surface area (Å²) in [6, 6.07) is 5.62. The second kappa shape index (κ2) is 3.01. The number of fused-ring (bicyclic) bond motifs is 1. The number of hydrogen-bond donors (Lipinski definition) is 1. The van der Waals surface area contributed by atoms with Crippen LogP contribution < -0.4 is 0 Å². The second-order valence-corrected chi connectivity index (χ2v) is 3.28. The molecule has 0 radical (unpaired) electrons. The molecule has 0 spiro atoms. The number of aliphatic hydroxyl groups excluding tert-OH is 1. The molecule has 0 atom stereocenters. The van der Waals surface area contributed by atoms with Gasteiger partial charge in [0.2, 0.25) is 0 Å². The van der Waals surface area contributed by atoms with Gasteiger partial charge in [0.15, 0.2) is 5.15 Å². The van der Waals surface area contributed by atoms with Crippen LogP contribution in [0.5, 0.6) is 0 Å². The van der Waals surface area contributed by atoms with Crippen LogP contribution in [0.4, 0.5) is 0 Å². The monoisotopic (exact) mass is 196 g/mol. The van der Waals surface area contributed by atoms with Gasteiger partial charge in [0.05, 0.1) is 12.1 Å². The second-order valence-electron chi connectivity index (χ2n) is 2.92. The van der Waals surface area contributed by atoms with Gasteiger partial charge in [-0.25, -0.2) is 0 Å². The molecule has 2 aromatic rings. The Labute approximate surface area is 80.5 Å². The number of hydrogen-bond acceptors (Lipinski definition) is 2. The fourth-order valence-electron chi connectivity index (χ4n) is 1.37.